The van der Waals surface area contributed by atoms with Crippen LogP contribution in [0.15, 0.2) is 52.9 Å². The molecule has 1 aliphatic heterocycles. The summed E-state index contributed by atoms with van der Waals surface area (Å²) in [6.07, 6.45) is -2.36. The number of para-hydroxylation sites is 1. The largest absolute Gasteiger partial charge is 0.573 e. The van der Waals surface area contributed by atoms with Crippen LogP contribution in [0.4, 0.5) is 24.9 Å². The molecule has 3 aromatic rings. The number of carboxylic acids is 1. The molecule has 0 radical (unpaired) electrons. The summed E-state index contributed by atoms with van der Waals surface area (Å²) >= 11 is 0. The molecule has 2 aromatic carbocycles. The van der Waals surface area contributed by atoms with E-state index in [0.29, 0.717) is 35.9 Å². The van der Waals surface area contributed by atoms with E-state index in [1.165, 1.54) is 12.1 Å². The summed E-state index contributed by atoms with van der Waals surface area (Å²) in [6, 6.07) is 12.2. The minimum Gasteiger partial charge on any atom is -0.480 e. The van der Waals surface area contributed by atoms with Crippen LogP contribution in [-0.2, 0) is 9.59 Å². The van der Waals surface area contributed by atoms with Crippen molar-refractivity contribution in [3.8, 4) is 17.2 Å². The van der Waals surface area contributed by atoms with Crippen LogP contribution in [0.5, 0.6) is 5.75 Å². The minimum atomic E-state index is -4.80. The molecule has 1 fully saturated rings. The average Bonchev–Trinajstić information content (AvgIpc) is 3.52. The second-order valence-electron chi connectivity index (χ2n) is 9.25. The summed E-state index contributed by atoms with van der Waals surface area (Å²) in [6.45, 7) is 0. The van der Waals surface area contributed by atoms with Crippen LogP contribution < -0.4 is 15.4 Å². The molecule has 5 rings (SSSR count). The molecule has 12 heteroatoms. The number of carbonyl (C=O) groups excluding carboxylic acids is 1. The Labute approximate surface area is 209 Å². The van der Waals surface area contributed by atoms with Gasteiger partial charge in [0.15, 0.2) is 0 Å². The van der Waals surface area contributed by atoms with E-state index in [0.717, 1.165) is 18.6 Å². The summed E-state index contributed by atoms with van der Waals surface area (Å²) in [7, 11) is 0. The van der Waals surface area contributed by atoms with Crippen molar-refractivity contribution in [3.63, 3.8) is 0 Å². The van der Waals surface area contributed by atoms with E-state index in [1.807, 2.05) is 11.0 Å². The predicted molar refractivity (Wildman–Crippen MR) is 124 cm³/mol. The zero-order valence-corrected chi connectivity index (χ0v) is 19.4. The molecule has 1 aliphatic carbocycles. The molecule has 0 saturated heterocycles. The van der Waals surface area contributed by atoms with Gasteiger partial charge in [0.1, 0.15) is 17.6 Å². The van der Waals surface area contributed by atoms with Crippen molar-refractivity contribution in [2.45, 2.75) is 49.5 Å². The molecule has 3 N–H and O–H groups in total. The first-order valence-corrected chi connectivity index (χ1v) is 11.7. The van der Waals surface area contributed by atoms with E-state index in [9.17, 15) is 27.9 Å². The number of hydrogen-bond donors (Lipinski definition) is 2. The van der Waals surface area contributed by atoms with Crippen LogP contribution in [0.25, 0.3) is 11.5 Å². The Morgan fingerprint density at radius 1 is 1.16 bits per heavy atom. The third-order valence-electron chi connectivity index (χ3n) is 7.15. The number of rotatable bonds is 7. The number of nitrogens with zero attached hydrogens (tertiary/aromatic N) is 3. The smallest absolute Gasteiger partial charge is 0.480 e. The molecule has 4 unspecified atom stereocenters. The molecule has 1 saturated carbocycles. The lowest BCUT2D eigenvalue weighted by Gasteiger charge is -2.47. The number of ether oxygens (including phenoxy) is 1. The number of benzene rings is 2. The number of aldehydes is 1. The van der Waals surface area contributed by atoms with Crippen molar-refractivity contribution >= 4 is 24.0 Å². The van der Waals surface area contributed by atoms with E-state index in [4.69, 9.17) is 10.2 Å². The van der Waals surface area contributed by atoms with E-state index in [1.54, 1.807) is 18.2 Å². The molecular formula is C25H23F3N4O5. The average molecular weight is 516 g/mol. The SMILES string of the molecule is NC(CC=O)(C(=O)O)C1c2ccccc2N(c2nnc(-c3ccc(OC(F)(F)F)cc3)o2)C2CCCC21. The fraction of sp³-hybridized carbons (Fsp3) is 0.360. The molecule has 37 heavy (non-hydrogen) atoms. The van der Waals surface area contributed by atoms with Gasteiger partial charge in [-0.05, 0) is 54.7 Å². The van der Waals surface area contributed by atoms with Crippen LogP contribution in [0.2, 0.25) is 0 Å². The van der Waals surface area contributed by atoms with Gasteiger partial charge in [-0.3, -0.25) is 9.69 Å². The van der Waals surface area contributed by atoms with Crippen LogP contribution in [0.1, 0.15) is 37.2 Å². The molecule has 4 atom stereocenters. The number of anilines is 2. The van der Waals surface area contributed by atoms with E-state index in [2.05, 4.69) is 14.9 Å². The van der Waals surface area contributed by atoms with Crippen molar-refractivity contribution in [1.29, 1.82) is 0 Å². The fourth-order valence-electron chi connectivity index (χ4n) is 5.68. The van der Waals surface area contributed by atoms with E-state index in [-0.39, 0.29) is 36.0 Å². The van der Waals surface area contributed by atoms with E-state index >= 15 is 0 Å². The Morgan fingerprint density at radius 2 is 1.89 bits per heavy atom. The highest BCUT2D eigenvalue weighted by molar-refractivity contribution is 5.85. The lowest BCUT2D eigenvalue weighted by atomic mass is 9.66. The number of alkyl halides is 3. The van der Waals surface area contributed by atoms with Gasteiger partial charge in [0.2, 0.25) is 5.89 Å². The molecule has 194 valence electrons. The van der Waals surface area contributed by atoms with E-state index < -0.39 is 23.8 Å². The van der Waals surface area contributed by atoms with Gasteiger partial charge in [0, 0.05) is 29.6 Å². The Kier molecular flexibility index (Phi) is 6.14. The highest BCUT2D eigenvalue weighted by atomic mass is 19.4. The minimum absolute atomic E-state index is 0.0994. The Bertz CT molecular complexity index is 1310. The monoisotopic (exact) mass is 516 g/mol. The molecular weight excluding hydrogens is 493 g/mol. The Balaban J connectivity index is 1.53. The molecule has 9 nitrogen and oxygen atoms in total. The first kappa shape index (κ1) is 24.8. The lowest BCUT2D eigenvalue weighted by Crippen LogP contribution is -2.59. The molecule has 0 spiro atoms. The zero-order valence-electron chi connectivity index (χ0n) is 19.4. The zero-order chi connectivity index (χ0) is 26.4. The number of carbonyl (C=O) groups is 2. The van der Waals surface area contributed by atoms with Gasteiger partial charge >= 0.3 is 18.3 Å². The molecule has 0 amide bonds. The summed E-state index contributed by atoms with van der Waals surface area (Å²) in [5.74, 6) is -2.32. The summed E-state index contributed by atoms with van der Waals surface area (Å²) in [5, 5.41) is 18.3. The number of fused-ring (bicyclic) bond motifs is 2. The number of hydrogen-bond acceptors (Lipinski definition) is 8. The third kappa shape index (κ3) is 4.41. The number of halogens is 3. The first-order valence-electron chi connectivity index (χ1n) is 11.7. The number of aliphatic carboxylic acids is 1. The summed E-state index contributed by atoms with van der Waals surface area (Å²) in [5.41, 5.74) is 6.38. The van der Waals surface area contributed by atoms with Gasteiger partial charge in [-0.2, -0.15) is 0 Å². The van der Waals surface area contributed by atoms with Gasteiger partial charge in [-0.1, -0.05) is 29.7 Å². The quantitative estimate of drug-likeness (QED) is 0.438. The molecule has 2 aliphatic rings. The van der Waals surface area contributed by atoms with Gasteiger partial charge in [-0.15, -0.1) is 18.3 Å². The van der Waals surface area contributed by atoms with Crippen molar-refractivity contribution in [3.05, 3.63) is 54.1 Å². The highest BCUT2D eigenvalue weighted by Crippen LogP contribution is 2.54. The predicted octanol–water partition coefficient (Wildman–Crippen LogP) is 4.41. The second kappa shape index (κ2) is 9.18. The first-order chi connectivity index (χ1) is 17.6. The van der Waals surface area contributed by atoms with Crippen molar-refractivity contribution in [2.24, 2.45) is 11.7 Å². The van der Waals surface area contributed by atoms with Gasteiger partial charge in [-0.25, -0.2) is 0 Å². The Hall–Kier alpha value is -3.93. The topological polar surface area (TPSA) is 132 Å². The number of carboxylic acid groups (broad SMARTS) is 1. The molecule has 2 heterocycles. The fourth-order valence-corrected chi connectivity index (χ4v) is 5.68. The summed E-state index contributed by atoms with van der Waals surface area (Å²) < 4.78 is 47.3. The number of nitrogens with two attached hydrogens (primary N) is 1. The van der Waals surface area contributed by atoms with Crippen LogP contribution in [0, 0.1) is 5.92 Å². The number of aromatic nitrogens is 2. The highest BCUT2D eigenvalue weighted by Gasteiger charge is 2.55. The van der Waals surface area contributed by atoms with Gasteiger partial charge in [0.05, 0.1) is 0 Å². The molecule has 1 aromatic heterocycles. The van der Waals surface area contributed by atoms with Crippen LogP contribution in [0.3, 0.4) is 0 Å². The normalized spacial score (nSPS) is 22.6. The van der Waals surface area contributed by atoms with Crippen molar-refractivity contribution < 1.29 is 37.0 Å². The molecule has 0 bridgehead atoms. The second-order valence-corrected chi connectivity index (χ2v) is 9.25. The summed E-state index contributed by atoms with van der Waals surface area (Å²) in [4.78, 5) is 25.6. The van der Waals surface area contributed by atoms with Crippen molar-refractivity contribution in [2.75, 3.05) is 4.90 Å². The van der Waals surface area contributed by atoms with Gasteiger partial charge < -0.3 is 24.8 Å². The maximum atomic E-state index is 12.5. The van der Waals surface area contributed by atoms with Crippen molar-refractivity contribution in [1.82, 2.24) is 10.2 Å². The van der Waals surface area contributed by atoms with Crippen LogP contribution in [-0.4, -0.2) is 45.5 Å². The maximum absolute atomic E-state index is 12.5. The lowest BCUT2D eigenvalue weighted by molar-refractivity contribution is -0.274. The van der Waals surface area contributed by atoms with Gasteiger partial charge in [0.25, 0.3) is 0 Å². The maximum Gasteiger partial charge on any atom is 0.573 e. The Morgan fingerprint density at radius 3 is 2.57 bits per heavy atom. The van der Waals surface area contributed by atoms with Crippen LogP contribution >= 0.6 is 0 Å². The standard InChI is InChI=1S/C25H23F3N4O5/c26-25(27,28)37-15-10-8-14(9-11-15)21-30-31-23(36-21)32-18-6-2-1-4-16(18)20(17-5-3-7-19(17)32)24(29,12-13-33)22(34)35/h1-2,4,6,8-11,13,17,19-20H,3,5,7,12,29H2,(H,34,35). The third-order valence-corrected chi connectivity index (χ3v) is 7.15.